The Bertz CT molecular complexity index is 351. The monoisotopic (exact) mass is 249 g/mol. The molecule has 0 saturated carbocycles. The van der Waals surface area contributed by atoms with E-state index in [1.54, 1.807) is 0 Å². The summed E-state index contributed by atoms with van der Waals surface area (Å²) < 4.78 is 6.34. The summed E-state index contributed by atoms with van der Waals surface area (Å²) in [5.74, 6) is 0.932. The quantitative estimate of drug-likeness (QED) is 0.726. The maximum Gasteiger partial charge on any atom is 0.165 e. The van der Waals surface area contributed by atoms with Gasteiger partial charge in [-0.15, -0.1) is 0 Å². The van der Waals surface area contributed by atoms with E-state index in [4.69, 9.17) is 4.74 Å². The van der Waals surface area contributed by atoms with Crippen LogP contribution < -0.4 is 4.74 Å². The fourth-order valence-electron chi connectivity index (χ4n) is 2.24. The smallest absolute Gasteiger partial charge is 0.165 e. The highest BCUT2D eigenvalue weighted by Crippen LogP contribution is 2.37. The molecule has 1 unspecified atom stereocenters. The van der Waals surface area contributed by atoms with Crippen LogP contribution in [0.2, 0.25) is 0 Å². The molecule has 0 aliphatic carbocycles. The van der Waals surface area contributed by atoms with Crippen LogP contribution in [0.1, 0.15) is 41.5 Å². The first-order valence-corrected chi connectivity index (χ1v) is 6.84. The highest BCUT2D eigenvalue weighted by Gasteiger charge is 2.43. The fourth-order valence-corrected chi connectivity index (χ4v) is 2.24. The van der Waals surface area contributed by atoms with E-state index >= 15 is 0 Å². The molecule has 2 nitrogen and oxygen atoms in total. The standard InChI is InChI=1S/C16H27NO/c1-7-17(8-2)16(6,15(3,4)5)18-14-12-10-9-11-13-14/h9-13H,7-8H2,1-6H3. The lowest BCUT2D eigenvalue weighted by Gasteiger charge is -2.49. The summed E-state index contributed by atoms with van der Waals surface area (Å²) in [5, 5.41) is 0. The molecule has 18 heavy (non-hydrogen) atoms. The third-order valence-electron chi connectivity index (χ3n) is 3.82. The predicted octanol–water partition coefficient (Wildman–Crippen LogP) is 4.17. The van der Waals surface area contributed by atoms with Gasteiger partial charge >= 0.3 is 0 Å². The molecule has 1 aromatic rings. The van der Waals surface area contributed by atoms with Gasteiger partial charge in [-0.3, -0.25) is 4.90 Å². The molecule has 0 heterocycles. The van der Waals surface area contributed by atoms with E-state index in [2.05, 4.69) is 46.4 Å². The maximum absolute atomic E-state index is 6.34. The van der Waals surface area contributed by atoms with Crippen molar-refractivity contribution < 1.29 is 4.74 Å². The van der Waals surface area contributed by atoms with Gasteiger partial charge in [-0.05, 0) is 32.1 Å². The van der Waals surface area contributed by atoms with Crippen molar-refractivity contribution in [2.24, 2.45) is 5.41 Å². The number of nitrogens with zero attached hydrogens (tertiary/aromatic N) is 1. The van der Waals surface area contributed by atoms with Gasteiger partial charge < -0.3 is 4.74 Å². The Labute approximate surface area is 112 Å². The molecule has 0 aromatic heterocycles. The summed E-state index contributed by atoms with van der Waals surface area (Å²) in [7, 11) is 0. The Morgan fingerprint density at radius 3 is 1.83 bits per heavy atom. The van der Waals surface area contributed by atoms with Crippen LogP contribution in [0.3, 0.4) is 0 Å². The predicted molar refractivity (Wildman–Crippen MR) is 77.9 cm³/mol. The molecule has 0 aliphatic heterocycles. The van der Waals surface area contributed by atoms with Crippen molar-refractivity contribution in [1.82, 2.24) is 4.90 Å². The highest BCUT2D eigenvalue weighted by atomic mass is 16.5. The Morgan fingerprint density at radius 1 is 0.944 bits per heavy atom. The minimum Gasteiger partial charge on any atom is -0.472 e. The van der Waals surface area contributed by atoms with Gasteiger partial charge in [0.2, 0.25) is 0 Å². The minimum atomic E-state index is -0.308. The molecular formula is C16H27NO. The van der Waals surface area contributed by atoms with E-state index in [9.17, 15) is 0 Å². The zero-order valence-corrected chi connectivity index (χ0v) is 12.7. The van der Waals surface area contributed by atoms with Crippen LogP contribution in [0.25, 0.3) is 0 Å². The average molecular weight is 249 g/mol. The van der Waals surface area contributed by atoms with Gasteiger partial charge in [0.25, 0.3) is 0 Å². The molecule has 0 bridgehead atoms. The second-order valence-electron chi connectivity index (χ2n) is 5.82. The average Bonchev–Trinajstić information content (AvgIpc) is 2.30. The summed E-state index contributed by atoms with van der Waals surface area (Å²) in [4.78, 5) is 2.38. The van der Waals surface area contributed by atoms with E-state index < -0.39 is 0 Å². The highest BCUT2D eigenvalue weighted by molar-refractivity contribution is 5.22. The van der Waals surface area contributed by atoms with E-state index in [1.807, 2.05) is 30.3 Å². The van der Waals surface area contributed by atoms with Crippen LogP contribution in [-0.2, 0) is 0 Å². The number of para-hydroxylation sites is 1. The molecule has 0 aliphatic rings. The summed E-state index contributed by atoms with van der Waals surface area (Å²) in [6.07, 6.45) is 0. The molecule has 2 heteroatoms. The maximum atomic E-state index is 6.34. The van der Waals surface area contributed by atoms with Crippen LogP contribution in [0.5, 0.6) is 5.75 Å². The summed E-state index contributed by atoms with van der Waals surface area (Å²) in [6.45, 7) is 15.2. The molecule has 0 radical (unpaired) electrons. The first kappa shape index (κ1) is 15.0. The Kier molecular flexibility index (Phi) is 4.80. The first-order valence-electron chi connectivity index (χ1n) is 6.84. The molecule has 0 N–H and O–H groups in total. The third-order valence-corrected chi connectivity index (χ3v) is 3.82. The Morgan fingerprint density at radius 2 is 1.44 bits per heavy atom. The lowest BCUT2D eigenvalue weighted by molar-refractivity contribution is -0.140. The van der Waals surface area contributed by atoms with E-state index in [0.717, 1.165) is 18.8 Å². The topological polar surface area (TPSA) is 12.5 Å². The van der Waals surface area contributed by atoms with Gasteiger partial charge in [-0.25, -0.2) is 0 Å². The van der Waals surface area contributed by atoms with Crippen molar-refractivity contribution in [3.63, 3.8) is 0 Å². The molecule has 102 valence electrons. The fraction of sp³-hybridized carbons (Fsp3) is 0.625. The van der Waals surface area contributed by atoms with Crippen molar-refractivity contribution >= 4 is 0 Å². The zero-order chi connectivity index (χ0) is 13.8. The Hall–Kier alpha value is -1.02. The second kappa shape index (κ2) is 5.75. The first-order chi connectivity index (χ1) is 8.35. The van der Waals surface area contributed by atoms with Crippen LogP contribution in [0.15, 0.2) is 30.3 Å². The van der Waals surface area contributed by atoms with Crippen molar-refractivity contribution in [3.05, 3.63) is 30.3 Å². The van der Waals surface area contributed by atoms with Crippen LogP contribution in [-0.4, -0.2) is 23.7 Å². The van der Waals surface area contributed by atoms with Gasteiger partial charge in [-0.1, -0.05) is 52.8 Å². The van der Waals surface area contributed by atoms with Gasteiger partial charge in [-0.2, -0.15) is 0 Å². The van der Waals surface area contributed by atoms with Gasteiger partial charge in [0.05, 0.1) is 0 Å². The molecule has 0 amide bonds. The summed E-state index contributed by atoms with van der Waals surface area (Å²) >= 11 is 0. The molecule has 1 atom stereocenters. The SMILES string of the molecule is CCN(CC)C(C)(Oc1ccccc1)C(C)(C)C. The number of benzene rings is 1. The molecule has 0 spiro atoms. The van der Waals surface area contributed by atoms with E-state index in [1.165, 1.54) is 0 Å². The number of rotatable bonds is 5. The van der Waals surface area contributed by atoms with Crippen LogP contribution >= 0.6 is 0 Å². The number of hydrogen-bond acceptors (Lipinski definition) is 2. The van der Waals surface area contributed by atoms with E-state index in [-0.39, 0.29) is 11.1 Å². The molecule has 0 saturated heterocycles. The molecular weight excluding hydrogens is 222 g/mol. The van der Waals surface area contributed by atoms with Crippen LogP contribution in [0.4, 0.5) is 0 Å². The van der Waals surface area contributed by atoms with E-state index in [0.29, 0.717) is 0 Å². The molecule has 1 aromatic carbocycles. The largest absolute Gasteiger partial charge is 0.472 e. The third kappa shape index (κ3) is 3.05. The van der Waals surface area contributed by atoms with Crippen molar-refractivity contribution in [3.8, 4) is 5.75 Å². The summed E-state index contributed by atoms with van der Waals surface area (Å²) in [5.41, 5.74) is -0.271. The number of hydrogen-bond donors (Lipinski definition) is 0. The normalized spacial score (nSPS) is 15.5. The lowest BCUT2D eigenvalue weighted by atomic mass is 9.82. The Balaban J connectivity index is 3.06. The van der Waals surface area contributed by atoms with Gasteiger partial charge in [0, 0.05) is 5.41 Å². The zero-order valence-electron chi connectivity index (χ0n) is 12.7. The van der Waals surface area contributed by atoms with Crippen molar-refractivity contribution in [1.29, 1.82) is 0 Å². The summed E-state index contributed by atoms with van der Waals surface area (Å²) in [6, 6.07) is 10.1. The minimum absolute atomic E-state index is 0.0366. The van der Waals surface area contributed by atoms with Crippen LogP contribution in [0, 0.1) is 5.41 Å². The van der Waals surface area contributed by atoms with Gasteiger partial charge in [0.15, 0.2) is 5.72 Å². The molecule has 0 fully saturated rings. The molecule has 1 rings (SSSR count). The lowest BCUT2D eigenvalue weighted by Crippen LogP contribution is -2.59. The van der Waals surface area contributed by atoms with Gasteiger partial charge in [0.1, 0.15) is 5.75 Å². The van der Waals surface area contributed by atoms with Crippen molar-refractivity contribution in [2.75, 3.05) is 13.1 Å². The second-order valence-corrected chi connectivity index (χ2v) is 5.82. The number of ether oxygens (including phenoxy) is 1. The van der Waals surface area contributed by atoms with Crippen molar-refractivity contribution in [2.45, 2.75) is 47.3 Å².